The molecule has 1 N–H and O–H groups in total. The number of likely N-dealkylation sites (tertiary alicyclic amines) is 1. The van der Waals surface area contributed by atoms with Gasteiger partial charge in [-0.25, -0.2) is 4.79 Å². The maximum absolute atomic E-state index is 12.6. The maximum atomic E-state index is 12.6. The number of alkyl carbamates (subject to hydrolysis) is 1. The monoisotopic (exact) mass is 371 g/mol. The lowest BCUT2D eigenvalue weighted by atomic mass is 10.0. The highest BCUT2D eigenvalue weighted by molar-refractivity contribution is 8.13. The Morgan fingerprint density at radius 3 is 2.68 bits per heavy atom. The van der Waals surface area contributed by atoms with Gasteiger partial charge in [0, 0.05) is 44.4 Å². The highest BCUT2D eigenvalue weighted by Gasteiger charge is 2.29. The highest BCUT2D eigenvalue weighted by Crippen LogP contribution is 2.20. The molecule has 0 aromatic carbocycles. The lowest BCUT2D eigenvalue weighted by Crippen LogP contribution is -2.50. The number of nitrogens with one attached hydrogen (secondary N) is 1. The fourth-order valence-corrected chi connectivity index (χ4v) is 3.91. The zero-order valence-electron chi connectivity index (χ0n) is 15.4. The molecule has 0 aromatic rings. The van der Waals surface area contributed by atoms with Gasteiger partial charge in [0.15, 0.2) is 0 Å². The minimum Gasteiger partial charge on any atom is -0.444 e. The minimum absolute atomic E-state index is 0.00239. The van der Waals surface area contributed by atoms with Gasteiger partial charge in [-0.05, 0) is 40.0 Å². The predicted molar refractivity (Wildman–Crippen MR) is 97.6 cm³/mol. The van der Waals surface area contributed by atoms with Crippen LogP contribution in [-0.2, 0) is 9.53 Å². The molecule has 25 heavy (non-hydrogen) atoms. The summed E-state index contributed by atoms with van der Waals surface area (Å²) in [6.45, 7) is 7.78. The molecule has 0 bridgehead atoms. The van der Waals surface area contributed by atoms with E-state index in [1.807, 2.05) is 25.7 Å². The number of rotatable bonds is 5. The van der Waals surface area contributed by atoms with Gasteiger partial charge in [0.25, 0.3) is 5.24 Å². The normalized spacial score (nSPS) is 21.4. The molecule has 2 aliphatic heterocycles. The third kappa shape index (κ3) is 6.41. The molecule has 142 valence electrons. The smallest absolute Gasteiger partial charge is 0.407 e. The Bertz CT molecular complexity index is 507. The van der Waals surface area contributed by atoms with E-state index in [2.05, 4.69) is 5.32 Å². The molecule has 3 amide bonds. The van der Waals surface area contributed by atoms with Gasteiger partial charge in [-0.3, -0.25) is 9.59 Å². The lowest BCUT2D eigenvalue weighted by Gasteiger charge is -2.36. The van der Waals surface area contributed by atoms with Crippen molar-refractivity contribution in [3.05, 3.63) is 0 Å². The van der Waals surface area contributed by atoms with Crippen LogP contribution in [0.3, 0.4) is 0 Å². The molecule has 8 heteroatoms. The Morgan fingerprint density at radius 1 is 1.28 bits per heavy atom. The summed E-state index contributed by atoms with van der Waals surface area (Å²) in [7, 11) is 0. The van der Waals surface area contributed by atoms with Crippen LogP contribution >= 0.6 is 11.8 Å². The molecule has 2 aliphatic rings. The van der Waals surface area contributed by atoms with Crippen molar-refractivity contribution in [3.63, 3.8) is 0 Å². The van der Waals surface area contributed by atoms with Gasteiger partial charge in [-0.1, -0.05) is 11.8 Å². The van der Waals surface area contributed by atoms with Crippen molar-refractivity contribution in [2.75, 3.05) is 31.9 Å². The number of amides is 3. The fraction of sp³-hybridized carbons (Fsp3) is 0.824. The van der Waals surface area contributed by atoms with Crippen LogP contribution in [0.1, 0.15) is 46.5 Å². The fourth-order valence-electron chi connectivity index (χ4n) is 3.06. The summed E-state index contributed by atoms with van der Waals surface area (Å²) < 4.78 is 5.25. The second-order valence-electron chi connectivity index (χ2n) is 7.47. The average Bonchev–Trinajstić information content (AvgIpc) is 2.94. The van der Waals surface area contributed by atoms with Crippen molar-refractivity contribution in [2.45, 2.75) is 58.1 Å². The van der Waals surface area contributed by atoms with Crippen LogP contribution in [0.15, 0.2) is 0 Å². The molecule has 2 saturated heterocycles. The van der Waals surface area contributed by atoms with E-state index in [1.165, 1.54) is 11.8 Å². The van der Waals surface area contributed by atoms with E-state index in [4.69, 9.17) is 4.74 Å². The predicted octanol–water partition coefficient (Wildman–Crippen LogP) is 2.45. The summed E-state index contributed by atoms with van der Waals surface area (Å²) in [5, 5.41) is 2.84. The first-order chi connectivity index (χ1) is 11.8. The molecule has 0 spiro atoms. The van der Waals surface area contributed by atoms with E-state index in [1.54, 1.807) is 4.90 Å². The first-order valence-corrected chi connectivity index (χ1v) is 9.93. The number of piperidine rings is 1. The van der Waals surface area contributed by atoms with E-state index in [-0.39, 0.29) is 17.2 Å². The Hall–Kier alpha value is -1.44. The Balaban J connectivity index is 1.81. The topological polar surface area (TPSA) is 79.0 Å². The summed E-state index contributed by atoms with van der Waals surface area (Å²) in [4.78, 5) is 39.6. The largest absolute Gasteiger partial charge is 0.444 e. The molecule has 7 nitrogen and oxygen atoms in total. The second kappa shape index (κ2) is 8.78. The quantitative estimate of drug-likeness (QED) is 0.803. The highest BCUT2D eigenvalue weighted by atomic mass is 32.2. The van der Waals surface area contributed by atoms with Gasteiger partial charge in [-0.15, -0.1) is 0 Å². The lowest BCUT2D eigenvalue weighted by molar-refractivity contribution is -0.135. The molecule has 2 heterocycles. The Kier molecular flexibility index (Phi) is 6.98. The molecular formula is C17H29N3O4S. The minimum atomic E-state index is -0.535. The van der Waals surface area contributed by atoms with Crippen molar-refractivity contribution >= 4 is 29.0 Å². The van der Waals surface area contributed by atoms with Crippen molar-refractivity contribution in [1.29, 1.82) is 0 Å². The Labute approximate surface area is 153 Å². The zero-order valence-corrected chi connectivity index (χ0v) is 16.2. The van der Waals surface area contributed by atoms with Crippen molar-refractivity contribution in [2.24, 2.45) is 0 Å². The third-order valence-corrected chi connectivity index (χ3v) is 5.16. The van der Waals surface area contributed by atoms with Crippen LogP contribution in [-0.4, -0.2) is 70.6 Å². The van der Waals surface area contributed by atoms with Crippen molar-refractivity contribution in [3.8, 4) is 0 Å². The van der Waals surface area contributed by atoms with Gasteiger partial charge in [-0.2, -0.15) is 0 Å². The number of hydrogen-bond acceptors (Lipinski definition) is 5. The average molecular weight is 372 g/mol. The molecule has 0 aliphatic carbocycles. The number of carbonyl (C=O) groups is 3. The van der Waals surface area contributed by atoms with Gasteiger partial charge >= 0.3 is 6.09 Å². The van der Waals surface area contributed by atoms with E-state index < -0.39 is 11.7 Å². The van der Waals surface area contributed by atoms with Crippen molar-refractivity contribution < 1.29 is 19.1 Å². The molecule has 1 unspecified atom stereocenters. The number of ether oxygens (including phenoxy) is 1. The molecule has 0 aromatic heterocycles. The molecule has 2 rings (SSSR count). The van der Waals surface area contributed by atoms with Crippen LogP contribution in [0.25, 0.3) is 0 Å². The van der Waals surface area contributed by atoms with Crippen LogP contribution < -0.4 is 5.32 Å². The molecule has 1 atom stereocenters. The summed E-state index contributed by atoms with van der Waals surface area (Å²) in [6.07, 6.45) is 2.79. The summed E-state index contributed by atoms with van der Waals surface area (Å²) >= 11 is 1.31. The first-order valence-electron chi connectivity index (χ1n) is 8.94. The number of carbonyl (C=O) groups excluding carboxylic acids is 3. The van der Waals surface area contributed by atoms with Gasteiger partial charge in [0.1, 0.15) is 5.60 Å². The van der Waals surface area contributed by atoms with E-state index in [0.717, 1.165) is 31.6 Å². The summed E-state index contributed by atoms with van der Waals surface area (Å²) in [5.74, 6) is 0.861. The number of hydrogen-bond donors (Lipinski definition) is 1. The van der Waals surface area contributed by atoms with Crippen LogP contribution in [0.5, 0.6) is 0 Å². The number of thioether (sulfide) groups is 1. The van der Waals surface area contributed by atoms with E-state index in [0.29, 0.717) is 26.1 Å². The first kappa shape index (κ1) is 19.9. The zero-order chi connectivity index (χ0) is 18.4. The number of nitrogens with zero attached hydrogens (tertiary/aromatic N) is 2. The second-order valence-corrected chi connectivity index (χ2v) is 8.52. The summed E-state index contributed by atoms with van der Waals surface area (Å²) in [6, 6.07) is -0.00239. The summed E-state index contributed by atoms with van der Waals surface area (Å²) in [5.41, 5.74) is -0.535. The van der Waals surface area contributed by atoms with Gasteiger partial charge in [0.2, 0.25) is 5.91 Å². The molecular weight excluding hydrogens is 342 g/mol. The van der Waals surface area contributed by atoms with Gasteiger partial charge < -0.3 is 19.9 Å². The standard InChI is InChI=1S/C17H29N3O4S/c1-17(2,3)24-15(22)18-12-13-6-4-5-8-20(13)14(21)7-9-19-10-11-25-16(19)23/h13H,4-12H2,1-3H3,(H,18,22). The molecule has 2 fully saturated rings. The maximum Gasteiger partial charge on any atom is 0.407 e. The van der Waals surface area contributed by atoms with Crippen LogP contribution in [0.4, 0.5) is 9.59 Å². The van der Waals surface area contributed by atoms with Gasteiger partial charge in [0.05, 0.1) is 0 Å². The molecule has 0 saturated carbocycles. The SMILES string of the molecule is CC(C)(C)OC(=O)NCC1CCCCN1C(=O)CCN1CCSC1=O. The van der Waals surface area contributed by atoms with Crippen molar-refractivity contribution in [1.82, 2.24) is 15.1 Å². The van der Waals surface area contributed by atoms with E-state index in [9.17, 15) is 14.4 Å². The molecule has 0 radical (unpaired) electrons. The van der Waals surface area contributed by atoms with E-state index >= 15 is 0 Å². The van der Waals surface area contributed by atoms with Crippen LogP contribution in [0, 0.1) is 0 Å². The third-order valence-electron chi connectivity index (χ3n) is 4.27. The Morgan fingerprint density at radius 2 is 2.04 bits per heavy atom. The van der Waals surface area contributed by atoms with Crippen LogP contribution in [0.2, 0.25) is 0 Å².